The fourth-order valence-electron chi connectivity index (χ4n) is 2.94. The monoisotopic (exact) mass is 506 g/mol. The Morgan fingerprint density at radius 1 is 1.20 bits per heavy atom. The number of carbonyl (C=O) groups excluding carboxylic acids is 1. The highest BCUT2D eigenvalue weighted by molar-refractivity contribution is 7.36. The van der Waals surface area contributed by atoms with Gasteiger partial charge >= 0.3 is 14.1 Å². The third kappa shape index (κ3) is 9.58. The van der Waals surface area contributed by atoms with Crippen molar-refractivity contribution in [3.63, 3.8) is 0 Å². The van der Waals surface area contributed by atoms with E-state index in [0.29, 0.717) is 24.4 Å². The molecule has 0 aliphatic heterocycles. The Kier molecular flexibility index (Phi) is 11.5. The fraction of sp³-hybridized carbons (Fsp3) is 0.435. The standard InChI is InChI=1S/C17H27N5O5P.C6H6O/c1-11(2)27-17(23)12(3)21-28(24)26-9-14(25-4)7-5-13-6-8-15-16(18)19-10-20-22(13)15;7-6-4-2-1-3-5-6/h6,8,10-12,14H,5,7,9H2,1-4H3,(H,21,24)(H2,18,19,20);1-5,7H/q+1;/t12-,14?;/m0./s1. The number of esters is 1. The second kappa shape index (κ2) is 14.3. The van der Waals surface area contributed by atoms with Crippen LogP contribution in [0, 0.1) is 0 Å². The fourth-order valence-corrected chi connectivity index (χ4v) is 3.73. The first kappa shape index (κ1) is 28.1. The Bertz CT molecular complexity index is 1080. The molecule has 0 radical (unpaired) electrons. The smallest absolute Gasteiger partial charge is 0.508 e. The number of hydrogen-bond acceptors (Lipinski definition) is 9. The van der Waals surface area contributed by atoms with Gasteiger partial charge in [-0.1, -0.05) is 23.3 Å². The zero-order valence-corrected chi connectivity index (χ0v) is 21.2. The summed E-state index contributed by atoms with van der Waals surface area (Å²) in [5, 5.41) is 15.4. The Hall–Kier alpha value is -3.11. The van der Waals surface area contributed by atoms with Gasteiger partial charge in [0.15, 0.2) is 5.82 Å². The summed E-state index contributed by atoms with van der Waals surface area (Å²) in [6, 6.07) is 11.8. The summed E-state index contributed by atoms with van der Waals surface area (Å²) >= 11 is 0. The minimum absolute atomic E-state index is 0.116. The Balaban J connectivity index is 0.000000527. The van der Waals surface area contributed by atoms with Crippen molar-refractivity contribution >= 4 is 25.5 Å². The first-order chi connectivity index (χ1) is 16.7. The maximum atomic E-state index is 12.0. The van der Waals surface area contributed by atoms with Crippen molar-refractivity contribution in [1.82, 2.24) is 19.7 Å². The van der Waals surface area contributed by atoms with Crippen molar-refractivity contribution in [2.45, 2.75) is 51.9 Å². The quantitative estimate of drug-likeness (QED) is 0.261. The van der Waals surface area contributed by atoms with E-state index >= 15 is 0 Å². The maximum Gasteiger partial charge on any atom is 0.613 e. The predicted molar refractivity (Wildman–Crippen MR) is 132 cm³/mol. The number of fused-ring (bicyclic) bond motifs is 1. The molecule has 2 aromatic heterocycles. The van der Waals surface area contributed by atoms with Crippen LogP contribution in [0.1, 0.15) is 32.9 Å². The van der Waals surface area contributed by atoms with Gasteiger partial charge in [0.25, 0.3) is 0 Å². The Morgan fingerprint density at radius 3 is 2.51 bits per heavy atom. The molecule has 190 valence electrons. The second-order valence-corrected chi connectivity index (χ2v) is 8.92. The van der Waals surface area contributed by atoms with Gasteiger partial charge < -0.3 is 20.3 Å². The molecule has 3 aromatic rings. The minimum atomic E-state index is -2.23. The van der Waals surface area contributed by atoms with E-state index in [2.05, 4.69) is 15.2 Å². The van der Waals surface area contributed by atoms with Gasteiger partial charge in [-0.25, -0.2) is 9.50 Å². The first-order valence-corrected chi connectivity index (χ1v) is 12.3. The van der Waals surface area contributed by atoms with Crippen molar-refractivity contribution in [1.29, 1.82) is 0 Å². The van der Waals surface area contributed by atoms with E-state index in [1.807, 2.05) is 18.2 Å². The van der Waals surface area contributed by atoms with E-state index in [1.165, 1.54) is 6.33 Å². The molecule has 2 unspecified atom stereocenters. The highest BCUT2D eigenvalue weighted by Gasteiger charge is 2.29. The topological polar surface area (TPSA) is 150 Å². The van der Waals surface area contributed by atoms with Crippen LogP contribution < -0.4 is 10.8 Å². The van der Waals surface area contributed by atoms with Gasteiger partial charge in [-0.05, 0) is 62.4 Å². The highest BCUT2D eigenvalue weighted by Crippen LogP contribution is 2.21. The number of nitrogens with one attached hydrogen (secondary N) is 1. The van der Waals surface area contributed by atoms with Crippen LogP contribution in [0.2, 0.25) is 0 Å². The average molecular weight is 507 g/mol. The van der Waals surface area contributed by atoms with Crippen molar-refractivity contribution in [2.75, 3.05) is 19.5 Å². The van der Waals surface area contributed by atoms with E-state index in [-0.39, 0.29) is 18.8 Å². The molecule has 0 aliphatic rings. The summed E-state index contributed by atoms with van der Waals surface area (Å²) in [6.07, 6.45) is 2.18. The molecule has 4 N–H and O–H groups in total. The molecule has 12 heteroatoms. The van der Waals surface area contributed by atoms with Crippen molar-refractivity contribution < 1.29 is 28.5 Å². The SMILES string of the molecule is COC(CCc1ccc2c(N)ncnn12)CO[P+](=O)N[C@@H](C)C(=O)OC(C)C.Oc1ccccc1. The molecule has 35 heavy (non-hydrogen) atoms. The molecule has 0 aliphatic carbocycles. The molecule has 0 saturated carbocycles. The van der Waals surface area contributed by atoms with Crippen LogP contribution in [-0.2, 0) is 29.8 Å². The lowest BCUT2D eigenvalue weighted by molar-refractivity contribution is -0.149. The number of phenolic OH excluding ortho intramolecular Hbond substituents is 1. The molecular formula is C23H33N5O6P+. The minimum Gasteiger partial charge on any atom is -0.508 e. The van der Waals surface area contributed by atoms with E-state index in [9.17, 15) is 9.36 Å². The first-order valence-electron chi connectivity index (χ1n) is 11.1. The summed E-state index contributed by atoms with van der Waals surface area (Å²) in [4.78, 5) is 15.7. The molecule has 2 heterocycles. The van der Waals surface area contributed by atoms with E-state index in [4.69, 9.17) is 24.8 Å². The number of aromatic nitrogens is 3. The number of hydrogen-bond donors (Lipinski definition) is 3. The van der Waals surface area contributed by atoms with Crippen molar-refractivity contribution in [2.24, 2.45) is 0 Å². The predicted octanol–water partition coefficient (Wildman–Crippen LogP) is 3.26. The van der Waals surface area contributed by atoms with Crippen LogP contribution in [0.4, 0.5) is 5.82 Å². The molecule has 0 spiro atoms. The van der Waals surface area contributed by atoms with Crippen LogP contribution in [0.5, 0.6) is 5.75 Å². The molecule has 1 aromatic carbocycles. The van der Waals surface area contributed by atoms with Crippen LogP contribution in [0.3, 0.4) is 0 Å². The van der Waals surface area contributed by atoms with E-state index in [1.54, 1.807) is 56.7 Å². The number of nitrogens with two attached hydrogens (primary N) is 1. The van der Waals surface area contributed by atoms with Gasteiger partial charge in [0.05, 0.1) is 12.2 Å². The lowest BCUT2D eigenvalue weighted by atomic mass is 10.1. The number of anilines is 1. The third-order valence-corrected chi connectivity index (χ3v) is 5.74. The lowest BCUT2D eigenvalue weighted by Gasteiger charge is -2.12. The van der Waals surface area contributed by atoms with Crippen molar-refractivity contribution in [3.05, 3.63) is 54.5 Å². The Morgan fingerprint density at radius 2 is 1.91 bits per heavy atom. The molecular weight excluding hydrogens is 473 g/mol. The number of nitrogens with zero attached hydrogens (tertiary/aromatic N) is 3. The second-order valence-electron chi connectivity index (χ2n) is 7.89. The van der Waals surface area contributed by atoms with Gasteiger partial charge in [-0.3, -0.25) is 4.79 Å². The average Bonchev–Trinajstić information content (AvgIpc) is 3.24. The molecule has 0 bridgehead atoms. The van der Waals surface area contributed by atoms with Gasteiger partial charge in [0.2, 0.25) is 0 Å². The van der Waals surface area contributed by atoms with Crippen LogP contribution >= 0.6 is 8.18 Å². The number of nitrogen functional groups attached to an aromatic ring is 1. The number of para-hydroxylation sites is 1. The molecule has 0 saturated heterocycles. The number of rotatable bonds is 11. The largest absolute Gasteiger partial charge is 0.613 e. The molecule has 0 amide bonds. The summed E-state index contributed by atoms with van der Waals surface area (Å²) < 4.78 is 29.5. The Labute approximate surface area is 205 Å². The number of methoxy groups -OCH3 is 1. The summed E-state index contributed by atoms with van der Waals surface area (Å²) in [6.45, 7) is 5.18. The normalized spacial score (nSPS) is 13.1. The summed E-state index contributed by atoms with van der Waals surface area (Å²) in [5.74, 6) is 0.259. The molecule has 3 rings (SSSR count). The number of phenols is 1. The van der Waals surface area contributed by atoms with Gasteiger partial charge in [0.1, 0.15) is 30.2 Å². The van der Waals surface area contributed by atoms with Crippen LogP contribution in [-0.4, -0.2) is 57.6 Å². The number of carbonyl (C=O) groups is 1. The molecule has 11 nitrogen and oxygen atoms in total. The summed E-state index contributed by atoms with van der Waals surface area (Å²) in [7, 11) is -0.664. The van der Waals surface area contributed by atoms with Crippen LogP contribution in [0.15, 0.2) is 48.8 Å². The zero-order chi connectivity index (χ0) is 25.8. The van der Waals surface area contributed by atoms with Gasteiger partial charge in [-0.15, -0.1) is 4.52 Å². The van der Waals surface area contributed by atoms with Gasteiger partial charge in [-0.2, -0.15) is 5.10 Å². The molecule has 3 atom stereocenters. The van der Waals surface area contributed by atoms with Gasteiger partial charge in [0, 0.05) is 12.8 Å². The number of ether oxygens (including phenoxy) is 2. The number of aryl methyl sites for hydroxylation is 1. The third-order valence-electron chi connectivity index (χ3n) is 4.75. The van der Waals surface area contributed by atoms with Crippen LogP contribution in [0.25, 0.3) is 5.52 Å². The zero-order valence-electron chi connectivity index (χ0n) is 20.3. The number of benzene rings is 1. The molecule has 0 fully saturated rings. The van der Waals surface area contributed by atoms with Crippen molar-refractivity contribution in [3.8, 4) is 5.75 Å². The summed E-state index contributed by atoms with van der Waals surface area (Å²) in [5.41, 5.74) is 7.54. The maximum absolute atomic E-state index is 12.0. The van der Waals surface area contributed by atoms with E-state index < -0.39 is 20.2 Å². The highest BCUT2D eigenvalue weighted by atomic mass is 31.1. The number of aromatic hydroxyl groups is 1. The van der Waals surface area contributed by atoms with E-state index in [0.717, 1.165) is 11.2 Å². The lowest BCUT2D eigenvalue weighted by Crippen LogP contribution is -2.33.